The first-order chi connectivity index (χ1) is 9.58. The maximum Gasteiger partial charge on any atom is 0.275 e. The van der Waals surface area contributed by atoms with E-state index in [0.717, 1.165) is 0 Å². The van der Waals surface area contributed by atoms with Crippen molar-refractivity contribution in [2.75, 3.05) is 0 Å². The lowest BCUT2D eigenvalue weighted by Crippen LogP contribution is -2.92. The zero-order valence-corrected chi connectivity index (χ0v) is 11.9. The maximum atomic E-state index is 11.3. The van der Waals surface area contributed by atoms with Gasteiger partial charge in [-0.05, 0) is 13.8 Å². The largest absolute Gasteiger partial charge is 0.365 e. The molecule has 2 atom stereocenters. The minimum atomic E-state index is -0.293. The van der Waals surface area contributed by atoms with Crippen LogP contribution in [0.25, 0.3) is 0 Å². The molecule has 0 saturated carbocycles. The Bertz CT molecular complexity index is 563. The predicted molar refractivity (Wildman–Crippen MR) is 80.0 cm³/mol. The van der Waals surface area contributed by atoms with E-state index in [4.69, 9.17) is 5.73 Å². The summed E-state index contributed by atoms with van der Waals surface area (Å²) in [5.41, 5.74) is 8.97. The fraction of sp³-hybridized carbons (Fsp3) is 0.235. The fourth-order valence-electron chi connectivity index (χ4n) is 2.23. The molecule has 1 amide bonds. The average molecular weight is 269 g/mol. The lowest BCUT2D eigenvalue weighted by atomic mass is 9.97. The van der Waals surface area contributed by atoms with Crippen molar-refractivity contribution in [1.29, 1.82) is 0 Å². The number of hydrogen-bond donors (Lipinski definition) is 2. The van der Waals surface area contributed by atoms with Crippen LogP contribution in [0.2, 0.25) is 0 Å². The second-order valence-electron chi connectivity index (χ2n) is 5.18. The Balaban J connectivity index is 2.34. The first-order valence-corrected chi connectivity index (χ1v) is 6.83. The number of nitrogens with two attached hydrogens (primary N) is 2. The molecule has 0 aromatic heterocycles. The molecule has 0 heterocycles. The van der Waals surface area contributed by atoms with Crippen LogP contribution >= 0.6 is 0 Å². The second kappa shape index (κ2) is 6.35. The molecule has 0 unspecified atom stereocenters. The van der Waals surface area contributed by atoms with Crippen molar-refractivity contribution >= 4 is 5.91 Å². The zero-order chi connectivity index (χ0) is 14.5. The van der Waals surface area contributed by atoms with Gasteiger partial charge in [-0.25, -0.2) is 0 Å². The molecule has 2 rings (SSSR count). The topological polar surface area (TPSA) is 59.7 Å². The average Bonchev–Trinajstić information content (AvgIpc) is 2.46. The molecular weight excluding hydrogens is 248 g/mol. The predicted octanol–water partition coefficient (Wildman–Crippen LogP) is 1.52. The number of primary amides is 1. The zero-order valence-electron chi connectivity index (χ0n) is 11.9. The van der Waals surface area contributed by atoms with Crippen LogP contribution in [0.15, 0.2) is 54.6 Å². The second-order valence-corrected chi connectivity index (χ2v) is 5.18. The van der Waals surface area contributed by atoms with Gasteiger partial charge in [-0.15, -0.1) is 0 Å². The quantitative estimate of drug-likeness (QED) is 0.849. The Kier molecular flexibility index (Phi) is 4.53. The highest BCUT2D eigenvalue weighted by molar-refractivity contribution is 5.77. The standard InChI is InChI=1S/C17H20N2O/c1-12-8-10-15(11-9-12)16(19-13(2)17(18)20)14-6-4-3-5-7-14/h3-11,13,16,19H,1-2H3,(H2,18,20)/p+1/t13-,16-/m0/s1. The van der Waals surface area contributed by atoms with Crippen LogP contribution < -0.4 is 11.1 Å². The highest BCUT2D eigenvalue weighted by Gasteiger charge is 2.22. The molecule has 0 aliphatic heterocycles. The molecule has 0 saturated heterocycles. The van der Waals surface area contributed by atoms with Gasteiger partial charge in [0.15, 0.2) is 6.04 Å². The molecule has 0 fully saturated rings. The highest BCUT2D eigenvalue weighted by atomic mass is 16.1. The van der Waals surface area contributed by atoms with Crippen LogP contribution in [0.5, 0.6) is 0 Å². The summed E-state index contributed by atoms with van der Waals surface area (Å²) < 4.78 is 0. The first-order valence-electron chi connectivity index (χ1n) is 6.83. The molecule has 20 heavy (non-hydrogen) atoms. The van der Waals surface area contributed by atoms with Crippen LogP contribution in [0.3, 0.4) is 0 Å². The van der Waals surface area contributed by atoms with E-state index in [9.17, 15) is 4.79 Å². The number of rotatable bonds is 5. The molecule has 3 nitrogen and oxygen atoms in total. The maximum absolute atomic E-state index is 11.3. The van der Waals surface area contributed by atoms with E-state index < -0.39 is 0 Å². The molecule has 0 bridgehead atoms. The summed E-state index contributed by atoms with van der Waals surface area (Å²) in [5.74, 6) is -0.293. The molecule has 4 N–H and O–H groups in total. The summed E-state index contributed by atoms with van der Waals surface area (Å²) in [7, 11) is 0. The van der Waals surface area contributed by atoms with Crippen LogP contribution in [0.4, 0.5) is 0 Å². The van der Waals surface area contributed by atoms with Gasteiger partial charge in [0.2, 0.25) is 0 Å². The monoisotopic (exact) mass is 269 g/mol. The van der Waals surface area contributed by atoms with Crippen LogP contribution in [0.1, 0.15) is 29.7 Å². The molecule has 0 spiro atoms. The normalized spacial score (nSPS) is 13.7. The van der Waals surface area contributed by atoms with E-state index in [0.29, 0.717) is 0 Å². The van der Waals surface area contributed by atoms with Crippen molar-refractivity contribution in [1.82, 2.24) is 0 Å². The molecule has 2 aromatic rings. The van der Waals surface area contributed by atoms with Crippen molar-refractivity contribution in [2.24, 2.45) is 5.73 Å². The Morgan fingerprint density at radius 1 is 1.00 bits per heavy atom. The summed E-state index contributed by atoms with van der Waals surface area (Å²) in [6.45, 7) is 3.91. The number of carbonyl (C=O) groups is 1. The Morgan fingerprint density at radius 2 is 1.55 bits per heavy atom. The van der Waals surface area contributed by atoms with Gasteiger partial charge in [0.25, 0.3) is 5.91 Å². The summed E-state index contributed by atoms with van der Waals surface area (Å²) in [5, 5.41) is 2.02. The summed E-state index contributed by atoms with van der Waals surface area (Å²) in [6, 6.07) is 18.4. The summed E-state index contributed by atoms with van der Waals surface area (Å²) in [6.07, 6.45) is 0. The molecular formula is C17H21N2O+. The van der Waals surface area contributed by atoms with Gasteiger partial charge in [-0.2, -0.15) is 0 Å². The Hall–Kier alpha value is -2.13. The smallest absolute Gasteiger partial charge is 0.275 e. The SMILES string of the molecule is Cc1ccc([C@@H]([NH2+][C@@H](C)C(N)=O)c2ccccc2)cc1. The minimum Gasteiger partial charge on any atom is -0.365 e. The lowest BCUT2D eigenvalue weighted by Gasteiger charge is -2.19. The molecule has 104 valence electrons. The van der Waals surface area contributed by atoms with E-state index in [1.165, 1.54) is 16.7 Å². The third kappa shape index (κ3) is 3.45. The summed E-state index contributed by atoms with van der Waals surface area (Å²) in [4.78, 5) is 11.3. The minimum absolute atomic E-state index is 0.0827. The third-order valence-corrected chi connectivity index (χ3v) is 3.53. The Morgan fingerprint density at radius 3 is 2.10 bits per heavy atom. The Labute approximate surface area is 119 Å². The van der Waals surface area contributed by atoms with Gasteiger partial charge in [-0.3, -0.25) is 4.79 Å². The highest BCUT2D eigenvalue weighted by Crippen LogP contribution is 2.18. The molecule has 2 aromatic carbocycles. The van der Waals surface area contributed by atoms with Gasteiger partial charge < -0.3 is 11.1 Å². The summed E-state index contributed by atoms with van der Waals surface area (Å²) >= 11 is 0. The number of amides is 1. The molecule has 3 heteroatoms. The van der Waals surface area contributed by atoms with Crippen molar-refractivity contribution in [3.63, 3.8) is 0 Å². The van der Waals surface area contributed by atoms with Gasteiger partial charge >= 0.3 is 0 Å². The van der Waals surface area contributed by atoms with Crippen molar-refractivity contribution in [3.8, 4) is 0 Å². The van der Waals surface area contributed by atoms with Crippen molar-refractivity contribution in [2.45, 2.75) is 25.9 Å². The van der Waals surface area contributed by atoms with Gasteiger partial charge in [0.05, 0.1) is 0 Å². The van der Waals surface area contributed by atoms with Gasteiger partial charge in [0, 0.05) is 11.1 Å². The number of benzene rings is 2. The number of quaternary nitrogens is 1. The third-order valence-electron chi connectivity index (χ3n) is 3.53. The molecule has 0 radical (unpaired) electrons. The fourth-order valence-corrected chi connectivity index (χ4v) is 2.23. The van der Waals surface area contributed by atoms with E-state index in [2.05, 4.69) is 43.3 Å². The first kappa shape index (κ1) is 14.3. The van der Waals surface area contributed by atoms with E-state index in [1.807, 2.05) is 30.4 Å². The van der Waals surface area contributed by atoms with E-state index >= 15 is 0 Å². The molecule has 0 aliphatic carbocycles. The van der Waals surface area contributed by atoms with Crippen LogP contribution in [0, 0.1) is 6.92 Å². The van der Waals surface area contributed by atoms with Crippen LogP contribution in [-0.4, -0.2) is 11.9 Å². The van der Waals surface area contributed by atoms with E-state index in [1.54, 1.807) is 0 Å². The van der Waals surface area contributed by atoms with Gasteiger partial charge in [-0.1, -0.05) is 60.2 Å². The van der Waals surface area contributed by atoms with Crippen molar-refractivity contribution in [3.05, 3.63) is 71.3 Å². The van der Waals surface area contributed by atoms with Crippen LogP contribution in [-0.2, 0) is 4.79 Å². The number of hydrogen-bond acceptors (Lipinski definition) is 1. The molecule has 0 aliphatic rings. The lowest BCUT2D eigenvalue weighted by molar-refractivity contribution is -0.704. The van der Waals surface area contributed by atoms with E-state index in [-0.39, 0.29) is 18.0 Å². The number of aryl methyl sites for hydroxylation is 1. The van der Waals surface area contributed by atoms with Crippen molar-refractivity contribution < 1.29 is 10.1 Å². The van der Waals surface area contributed by atoms with Gasteiger partial charge in [0.1, 0.15) is 6.04 Å². The number of carbonyl (C=O) groups excluding carboxylic acids is 1.